The summed E-state index contributed by atoms with van der Waals surface area (Å²) in [6.45, 7) is 0.771. The molecule has 0 radical (unpaired) electrons. The van der Waals surface area contributed by atoms with E-state index < -0.39 is 22.2 Å². The minimum Gasteiger partial charge on any atom is -0.307 e. The zero-order valence-corrected chi connectivity index (χ0v) is 15.5. The Morgan fingerprint density at radius 2 is 1.73 bits per heavy atom. The Kier molecular flexibility index (Phi) is 4.64. The van der Waals surface area contributed by atoms with Crippen molar-refractivity contribution in [2.45, 2.75) is 44.7 Å². The number of carbonyl (C=O) groups is 1. The summed E-state index contributed by atoms with van der Waals surface area (Å²) in [6.07, 6.45) is 5.15. The molecular weight excluding hydrogens is 357 g/mol. The first-order valence-corrected chi connectivity index (χ1v) is 10.9. The second kappa shape index (κ2) is 6.81. The summed E-state index contributed by atoms with van der Waals surface area (Å²) in [5.41, 5.74) is 5.70. The number of fused-ring (bicyclic) bond motifs is 2. The fourth-order valence-corrected chi connectivity index (χ4v) is 5.17. The summed E-state index contributed by atoms with van der Waals surface area (Å²) in [5.74, 6) is -0.210. The van der Waals surface area contributed by atoms with Gasteiger partial charge in [-0.3, -0.25) is 4.90 Å². The van der Waals surface area contributed by atoms with Gasteiger partial charge in [0.15, 0.2) is 0 Å². The number of amides is 2. The highest BCUT2D eigenvalue weighted by molar-refractivity contribution is 7.90. The predicted octanol–water partition coefficient (Wildman–Crippen LogP) is 1.77. The van der Waals surface area contributed by atoms with Gasteiger partial charge in [-0.05, 0) is 60.8 Å². The first kappa shape index (κ1) is 17.7. The lowest BCUT2D eigenvalue weighted by molar-refractivity contribution is 0.0717. The van der Waals surface area contributed by atoms with Gasteiger partial charge >= 0.3 is 6.03 Å². The first-order chi connectivity index (χ1) is 12.4. The molecule has 1 heterocycles. The number of sulfonamides is 1. The number of nitrogens with one attached hydrogen (secondary N) is 2. The molecule has 1 aromatic rings. The molecule has 0 spiro atoms. The lowest BCUT2D eigenvalue weighted by Gasteiger charge is -2.33. The van der Waals surface area contributed by atoms with Gasteiger partial charge in [-0.25, -0.2) is 22.3 Å². The van der Waals surface area contributed by atoms with Crippen LogP contribution in [-0.4, -0.2) is 50.9 Å². The fourth-order valence-electron chi connectivity index (χ4n) is 4.24. The molecule has 0 unspecified atom stereocenters. The van der Waals surface area contributed by atoms with Gasteiger partial charge in [0.25, 0.3) is 0 Å². The van der Waals surface area contributed by atoms with Gasteiger partial charge in [0.1, 0.15) is 6.17 Å². The van der Waals surface area contributed by atoms with Crippen LogP contribution in [0.3, 0.4) is 0 Å². The molecule has 0 atom stereocenters. The van der Waals surface area contributed by atoms with E-state index in [9.17, 15) is 17.6 Å². The number of aryl methyl sites for hydroxylation is 2. The Bertz CT molecular complexity index is 802. The molecule has 2 aliphatic carbocycles. The van der Waals surface area contributed by atoms with Gasteiger partial charge in [-0.1, -0.05) is 6.07 Å². The summed E-state index contributed by atoms with van der Waals surface area (Å²) >= 11 is 0. The van der Waals surface area contributed by atoms with Crippen molar-refractivity contribution in [3.63, 3.8) is 0 Å². The third-order valence-electron chi connectivity index (χ3n) is 5.55. The van der Waals surface area contributed by atoms with Gasteiger partial charge in [-0.2, -0.15) is 0 Å². The molecule has 8 heteroatoms. The van der Waals surface area contributed by atoms with Crippen LogP contribution in [0.4, 0.5) is 14.9 Å². The molecule has 2 amide bonds. The Labute approximate surface area is 153 Å². The van der Waals surface area contributed by atoms with E-state index in [0.29, 0.717) is 0 Å². The number of urea groups is 1. The Morgan fingerprint density at radius 3 is 2.31 bits per heavy atom. The van der Waals surface area contributed by atoms with Gasteiger partial charge < -0.3 is 5.32 Å². The van der Waals surface area contributed by atoms with Crippen LogP contribution in [0, 0.1) is 0 Å². The number of hydrogen-bond donors (Lipinski definition) is 2. The number of rotatable bonds is 5. The summed E-state index contributed by atoms with van der Waals surface area (Å²) in [4.78, 5) is 14.1. The molecule has 1 aromatic carbocycles. The molecule has 2 N–H and O–H groups in total. The van der Waals surface area contributed by atoms with Crippen LogP contribution in [0.2, 0.25) is 0 Å². The maximum absolute atomic E-state index is 12.8. The van der Waals surface area contributed by atoms with E-state index in [1.807, 2.05) is 0 Å². The molecule has 26 heavy (non-hydrogen) atoms. The number of halogens is 1. The van der Waals surface area contributed by atoms with Crippen LogP contribution < -0.4 is 10.0 Å². The first-order valence-electron chi connectivity index (χ1n) is 9.26. The standard InChI is InChI=1S/C18H24FN3O3S/c19-14-10-22(11-14)7-8-26(24,25)21-18(23)20-17-15-5-1-3-12(15)9-13-4-2-6-16(13)17/h9,14H,1-8,10-11H2,(H2,20,21,23). The number of hydrogen-bond acceptors (Lipinski definition) is 4. The quantitative estimate of drug-likeness (QED) is 0.815. The lowest BCUT2D eigenvalue weighted by atomic mass is 9.99. The zero-order chi connectivity index (χ0) is 18.3. The van der Waals surface area contributed by atoms with Gasteiger partial charge in [0, 0.05) is 25.3 Å². The average molecular weight is 381 g/mol. The minimum atomic E-state index is -3.74. The SMILES string of the molecule is O=C(Nc1c2c(cc3c1CCC3)CCC2)NS(=O)(=O)CCN1CC(F)C1. The Morgan fingerprint density at radius 1 is 1.12 bits per heavy atom. The smallest absolute Gasteiger partial charge is 0.307 e. The normalized spacial score (nSPS) is 19.7. The highest BCUT2D eigenvalue weighted by Crippen LogP contribution is 2.38. The topological polar surface area (TPSA) is 78.5 Å². The lowest BCUT2D eigenvalue weighted by Crippen LogP contribution is -2.50. The van der Waals surface area contributed by atoms with Crippen molar-refractivity contribution in [1.82, 2.24) is 9.62 Å². The van der Waals surface area contributed by atoms with Gasteiger partial charge in [0.2, 0.25) is 10.0 Å². The highest BCUT2D eigenvalue weighted by Gasteiger charge is 2.28. The number of carbonyl (C=O) groups excluding carboxylic acids is 1. The second-order valence-electron chi connectivity index (χ2n) is 7.47. The van der Waals surface area contributed by atoms with Crippen LogP contribution in [-0.2, 0) is 35.7 Å². The third-order valence-corrected chi connectivity index (χ3v) is 6.77. The van der Waals surface area contributed by atoms with Crippen molar-refractivity contribution in [3.05, 3.63) is 28.3 Å². The fraction of sp³-hybridized carbons (Fsp3) is 0.611. The summed E-state index contributed by atoms with van der Waals surface area (Å²) < 4.78 is 39.2. The second-order valence-corrected chi connectivity index (χ2v) is 9.31. The molecular formula is C18H24FN3O3S. The van der Waals surface area contributed by atoms with Crippen molar-refractivity contribution >= 4 is 21.7 Å². The van der Waals surface area contributed by atoms with Crippen LogP contribution in [0.25, 0.3) is 0 Å². The van der Waals surface area contributed by atoms with Crippen molar-refractivity contribution in [2.75, 3.05) is 30.7 Å². The molecule has 1 aliphatic heterocycles. The number of alkyl halides is 1. The van der Waals surface area contributed by atoms with Crippen LogP contribution in [0.15, 0.2) is 6.07 Å². The molecule has 1 saturated heterocycles. The van der Waals surface area contributed by atoms with Gasteiger partial charge in [0.05, 0.1) is 5.75 Å². The number of benzene rings is 1. The van der Waals surface area contributed by atoms with Crippen LogP contribution in [0.5, 0.6) is 0 Å². The van der Waals surface area contributed by atoms with E-state index in [1.54, 1.807) is 4.90 Å². The molecule has 0 bridgehead atoms. The molecule has 0 saturated carbocycles. The van der Waals surface area contributed by atoms with E-state index >= 15 is 0 Å². The Hall–Kier alpha value is -1.67. The highest BCUT2D eigenvalue weighted by atomic mass is 32.2. The van der Waals surface area contributed by atoms with Gasteiger partial charge in [-0.15, -0.1) is 0 Å². The summed E-state index contributed by atoms with van der Waals surface area (Å²) in [6, 6.07) is 1.56. The Balaban J connectivity index is 1.42. The summed E-state index contributed by atoms with van der Waals surface area (Å²) in [5, 5.41) is 2.82. The van der Waals surface area contributed by atoms with E-state index in [1.165, 1.54) is 11.1 Å². The van der Waals surface area contributed by atoms with E-state index in [0.717, 1.165) is 55.3 Å². The maximum atomic E-state index is 12.8. The molecule has 4 rings (SSSR count). The zero-order valence-electron chi connectivity index (χ0n) is 14.7. The largest absolute Gasteiger partial charge is 0.332 e. The van der Waals surface area contributed by atoms with Crippen LogP contribution in [0.1, 0.15) is 35.1 Å². The maximum Gasteiger partial charge on any atom is 0.332 e. The third kappa shape index (κ3) is 3.57. The molecule has 1 fully saturated rings. The number of anilines is 1. The average Bonchev–Trinajstić information content (AvgIpc) is 3.18. The van der Waals surface area contributed by atoms with Crippen molar-refractivity contribution in [1.29, 1.82) is 0 Å². The van der Waals surface area contributed by atoms with E-state index in [-0.39, 0.29) is 25.4 Å². The number of nitrogens with zero attached hydrogens (tertiary/aromatic N) is 1. The molecule has 142 valence electrons. The number of likely N-dealkylation sites (tertiary alicyclic amines) is 1. The molecule has 3 aliphatic rings. The van der Waals surface area contributed by atoms with E-state index in [4.69, 9.17) is 0 Å². The summed E-state index contributed by atoms with van der Waals surface area (Å²) in [7, 11) is -3.74. The van der Waals surface area contributed by atoms with Crippen molar-refractivity contribution < 1.29 is 17.6 Å². The van der Waals surface area contributed by atoms with Crippen LogP contribution >= 0.6 is 0 Å². The van der Waals surface area contributed by atoms with Crippen molar-refractivity contribution in [3.8, 4) is 0 Å². The predicted molar refractivity (Wildman–Crippen MR) is 97.8 cm³/mol. The molecule has 6 nitrogen and oxygen atoms in total. The minimum absolute atomic E-state index is 0.210. The van der Waals surface area contributed by atoms with Crippen molar-refractivity contribution in [2.24, 2.45) is 0 Å². The van der Waals surface area contributed by atoms with E-state index in [2.05, 4.69) is 16.1 Å². The molecule has 0 aromatic heterocycles. The monoisotopic (exact) mass is 381 g/mol.